The van der Waals surface area contributed by atoms with Gasteiger partial charge >= 0.3 is 12.4 Å². The van der Waals surface area contributed by atoms with Crippen molar-refractivity contribution in [2.75, 3.05) is 11.1 Å². The molecule has 1 atom stereocenters. The monoisotopic (exact) mass is 904 g/mol. The van der Waals surface area contributed by atoms with Crippen molar-refractivity contribution in [1.82, 2.24) is 19.9 Å². The average Bonchev–Trinajstić information content (AvgIpc) is 3.25. The standard InChI is InChI=1S/C23H17ClF3N3O.C9H7NO.C8H4ClF3O.C6H8N2/c1-13-4-9-19(29-12-13)30-20(15-6-8-18(24)17(11-15)23(25,26)27)16-7-5-14-3-2-10-28-21(14)22(16)31;11-8-5-1-3-7-4-2-6-10-9(7)8;9-7-2-1-5(4-13)3-6(7)8(10,11)12;1-5-2-3-6(7)8-4-5/h2-12,20,31H,1H3,(H,29,30);1-6,11H;1-4H;2-4H,1H3,(H2,7,8). The van der Waals surface area contributed by atoms with Crippen LogP contribution in [0.2, 0.25) is 10.0 Å². The number of hydrogen-bond acceptors (Lipinski definition) is 9. The minimum atomic E-state index is -4.62. The van der Waals surface area contributed by atoms with Crippen molar-refractivity contribution in [3.8, 4) is 11.5 Å². The Morgan fingerprint density at radius 1 is 0.651 bits per heavy atom. The van der Waals surface area contributed by atoms with Crippen LogP contribution in [0.4, 0.5) is 38.0 Å². The lowest BCUT2D eigenvalue weighted by Crippen LogP contribution is -2.15. The van der Waals surface area contributed by atoms with Crippen LogP contribution in [0, 0.1) is 13.8 Å². The summed E-state index contributed by atoms with van der Waals surface area (Å²) in [5, 5.41) is 24.2. The summed E-state index contributed by atoms with van der Waals surface area (Å²) in [6.07, 6.45) is -2.20. The van der Waals surface area contributed by atoms with Gasteiger partial charge in [0, 0.05) is 46.7 Å². The highest BCUT2D eigenvalue weighted by atomic mass is 35.5. The first kappa shape index (κ1) is 47.1. The first-order valence-electron chi connectivity index (χ1n) is 18.5. The van der Waals surface area contributed by atoms with E-state index in [4.69, 9.17) is 28.9 Å². The summed E-state index contributed by atoms with van der Waals surface area (Å²) in [7, 11) is 0. The number of nitrogen functional groups attached to an aromatic ring is 1. The Labute approximate surface area is 366 Å². The summed E-state index contributed by atoms with van der Waals surface area (Å²) in [4.78, 5) is 26.6. The molecular formula is C46H36Cl2F6N6O3. The van der Waals surface area contributed by atoms with Gasteiger partial charge in [-0.3, -0.25) is 14.8 Å². The van der Waals surface area contributed by atoms with Gasteiger partial charge in [0.25, 0.3) is 0 Å². The van der Waals surface area contributed by atoms with Crippen LogP contribution in [0.3, 0.4) is 0 Å². The molecule has 0 bridgehead atoms. The van der Waals surface area contributed by atoms with Crippen molar-refractivity contribution in [1.29, 1.82) is 0 Å². The van der Waals surface area contributed by atoms with E-state index in [0.29, 0.717) is 39.9 Å². The fourth-order valence-electron chi connectivity index (χ4n) is 5.76. The Bertz CT molecular complexity index is 2780. The number of nitrogens with one attached hydrogen (secondary N) is 1. The van der Waals surface area contributed by atoms with E-state index >= 15 is 0 Å². The van der Waals surface area contributed by atoms with Crippen LogP contribution in [0.15, 0.2) is 140 Å². The Morgan fingerprint density at radius 3 is 1.78 bits per heavy atom. The number of aromatic nitrogens is 4. The second-order valence-corrected chi connectivity index (χ2v) is 14.4. The number of hydrogen-bond donors (Lipinski definition) is 4. The number of rotatable bonds is 5. The van der Waals surface area contributed by atoms with E-state index in [0.717, 1.165) is 34.7 Å². The molecular weight excluding hydrogens is 869 g/mol. The smallest absolute Gasteiger partial charge is 0.417 e. The number of aldehydes is 1. The molecule has 0 saturated carbocycles. The fraction of sp³-hybridized carbons (Fsp3) is 0.109. The van der Waals surface area contributed by atoms with Crippen molar-refractivity contribution >= 4 is 62.9 Å². The second-order valence-electron chi connectivity index (χ2n) is 13.6. The number of nitrogens with two attached hydrogens (primary N) is 1. The number of anilines is 2. The first-order chi connectivity index (χ1) is 29.8. The zero-order chi connectivity index (χ0) is 45.9. The van der Waals surface area contributed by atoms with Gasteiger partial charge in [-0.25, -0.2) is 9.97 Å². The molecule has 4 aromatic heterocycles. The minimum absolute atomic E-state index is 0.0447. The molecule has 4 aromatic carbocycles. The maximum atomic E-state index is 13.5. The van der Waals surface area contributed by atoms with Crippen molar-refractivity contribution in [2.24, 2.45) is 0 Å². The number of aryl methyl sites for hydroxylation is 2. The normalized spacial score (nSPS) is 11.5. The van der Waals surface area contributed by atoms with Crippen LogP contribution in [-0.2, 0) is 12.4 Å². The number of nitrogens with zero attached hydrogens (tertiary/aromatic N) is 4. The summed E-state index contributed by atoms with van der Waals surface area (Å²) in [5.74, 6) is 1.14. The van der Waals surface area contributed by atoms with Crippen LogP contribution in [0.5, 0.6) is 11.5 Å². The van der Waals surface area contributed by atoms with Crippen LogP contribution in [0.25, 0.3) is 21.8 Å². The number of halogens is 8. The molecule has 5 N–H and O–H groups in total. The van der Waals surface area contributed by atoms with Gasteiger partial charge in [-0.05, 0) is 85.1 Å². The van der Waals surface area contributed by atoms with E-state index in [1.165, 1.54) is 18.2 Å². The van der Waals surface area contributed by atoms with E-state index in [-0.39, 0.29) is 22.6 Å². The number of alkyl halides is 6. The zero-order valence-electron chi connectivity index (χ0n) is 33.1. The number of pyridine rings is 4. The third-order valence-electron chi connectivity index (χ3n) is 8.90. The SMILES string of the molecule is Cc1ccc(N)nc1.Cc1ccc(NC(c2ccc(Cl)c(C(F)(F)F)c2)c2ccc3cccnc3c2O)nc1.O=Cc1ccc(Cl)c(C(F)(F)F)c1.Oc1cccc2cccnc12. The maximum absolute atomic E-state index is 13.5. The lowest BCUT2D eigenvalue weighted by atomic mass is 9.94. The molecule has 63 heavy (non-hydrogen) atoms. The first-order valence-corrected chi connectivity index (χ1v) is 19.3. The Morgan fingerprint density at radius 2 is 1.22 bits per heavy atom. The average molecular weight is 906 g/mol. The van der Waals surface area contributed by atoms with Gasteiger partial charge in [0.15, 0.2) is 0 Å². The molecule has 0 aliphatic rings. The van der Waals surface area contributed by atoms with E-state index in [2.05, 4.69) is 25.3 Å². The van der Waals surface area contributed by atoms with Crippen molar-refractivity contribution in [2.45, 2.75) is 32.2 Å². The summed E-state index contributed by atoms with van der Waals surface area (Å²) in [6.45, 7) is 3.86. The summed E-state index contributed by atoms with van der Waals surface area (Å²) in [5.41, 5.74) is 7.06. The lowest BCUT2D eigenvalue weighted by molar-refractivity contribution is -0.138. The molecule has 0 saturated heterocycles. The number of carbonyl (C=O) groups is 1. The second kappa shape index (κ2) is 20.7. The van der Waals surface area contributed by atoms with Crippen molar-refractivity contribution in [3.63, 3.8) is 0 Å². The minimum Gasteiger partial charge on any atom is -0.506 e. The molecule has 9 nitrogen and oxygen atoms in total. The van der Waals surface area contributed by atoms with Crippen LogP contribution in [-0.4, -0.2) is 36.4 Å². The van der Waals surface area contributed by atoms with Gasteiger partial charge in [0.2, 0.25) is 0 Å². The number of aromatic hydroxyl groups is 2. The van der Waals surface area contributed by atoms with E-state index < -0.39 is 39.6 Å². The van der Waals surface area contributed by atoms with Gasteiger partial charge < -0.3 is 21.3 Å². The number of phenolic OH excluding ortho intramolecular Hbond substituents is 2. The van der Waals surface area contributed by atoms with E-state index in [1.54, 1.807) is 73.3 Å². The van der Waals surface area contributed by atoms with Crippen molar-refractivity contribution < 1.29 is 41.4 Å². The van der Waals surface area contributed by atoms with Gasteiger partial charge in [0.1, 0.15) is 40.5 Å². The lowest BCUT2D eigenvalue weighted by Gasteiger charge is -2.23. The van der Waals surface area contributed by atoms with Crippen LogP contribution < -0.4 is 11.1 Å². The number of benzene rings is 4. The number of fused-ring (bicyclic) bond motifs is 2. The fourth-order valence-corrected chi connectivity index (χ4v) is 6.21. The predicted molar refractivity (Wildman–Crippen MR) is 233 cm³/mol. The molecule has 8 aromatic rings. The van der Waals surface area contributed by atoms with Gasteiger partial charge in [0.05, 0.1) is 27.2 Å². The van der Waals surface area contributed by atoms with Gasteiger partial charge in [-0.15, -0.1) is 0 Å². The molecule has 0 fully saturated rings. The van der Waals surface area contributed by atoms with Crippen LogP contribution >= 0.6 is 23.2 Å². The largest absolute Gasteiger partial charge is 0.506 e. The highest BCUT2D eigenvalue weighted by Crippen LogP contribution is 2.41. The molecule has 0 spiro atoms. The summed E-state index contributed by atoms with van der Waals surface area (Å²) < 4.78 is 76.9. The third kappa shape index (κ3) is 12.8. The Kier molecular flexibility index (Phi) is 15.5. The molecule has 1 unspecified atom stereocenters. The molecule has 0 radical (unpaired) electrons. The van der Waals surface area contributed by atoms with Crippen LogP contribution in [0.1, 0.15) is 49.8 Å². The molecule has 0 amide bonds. The Balaban J connectivity index is 0.000000190. The zero-order valence-corrected chi connectivity index (χ0v) is 34.6. The van der Waals surface area contributed by atoms with Gasteiger partial charge in [-0.1, -0.05) is 83.9 Å². The summed E-state index contributed by atoms with van der Waals surface area (Å²) in [6, 6.07) is 29.2. The third-order valence-corrected chi connectivity index (χ3v) is 9.56. The Hall–Kier alpha value is -6.97. The quantitative estimate of drug-likeness (QED) is 0.0979. The topological polar surface area (TPSA) is 147 Å². The maximum Gasteiger partial charge on any atom is 0.417 e. The number of carbonyl (C=O) groups excluding carboxylic acids is 1. The molecule has 8 rings (SSSR count). The highest BCUT2D eigenvalue weighted by molar-refractivity contribution is 6.31. The molecule has 0 aliphatic carbocycles. The van der Waals surface area contributed by atoms with E-state index in [9.17, 15) is 41.4 Å². The highest BCUT2D eigenvalue weighted by Gasteiger charge is 2.35. The number of para-hydroxylation sites is 1. The van der Waals surface area contributed by atoms with Crippen molar-refractivity contribution in [3.05, 3.63) is 189 Å². The molecule has 17 heteroatoms. The van der Waals surface area contributed by atoms with Gasteiger partial charge in [-0.2, -0.15) is 26.3 Å². The predicted octanol–water partition coefficient (Wildman–Crippen LogP) is 12.6. The molecule has 4 heterocycles. The van der Waals surface area contributed by atoms with E-state index in [1.807, 2.05) is 44.2 Å². The number of phenols is 2. The molecule has 0 aliphatic heterocycles. The molecule has 324 valence electrons. The summed E-state index contributed by atoms with van der Waals surface area (Å²) >= 11 is 11.1.